The summed E-state index contributed by atoms with van der Waals surface area (Å²) in [5.74, 6) is -4.35. The van der Waals surface area contributed by atoms with E-state index in [2.05, 4.69) is 22.8 Å². The summed E-state index contributed by atoms with van der Waals surface area (Å²) in [5, 5.41) is 23.5. The number of thiophene rings is 1. The second-order valence-electron chi connectivity index (χ2n) is 7.12. The molecule has 1 amide bonds. The summed E-state index contributed by atoms with van der Waals surface area (Å²) in [6.07, 6.45) is 0.831. The molecule has 3 aromatic rings. The number of rotatable bonds is 9. The zero-order chi connectivity index (χ0) is 26.5. The fraction of sp³-hybridized carbons (Fsp3) is 0.200. The van der Waals surface area contributed by atoms with Gasteiger partial charge < -0.3 is 25.6 Å². The number of carbonyl (C=O) groups excluding carboxylic acids is 2. The van der Waals surface area contributed by atoms with Crippen LogP contribution in [0.4, 0.5) is 5.00 Å². The van der Waals surface area contributed by atoms with Crippen LogP contribution < -0.4 is 10.6 Å². The van der Waals surface area contributed by atoms with Crippen molar-refractivity contribution >= 4 is 51.8 Å². The van der Waals surface area contributed by atoms with Gasteiger partial charge in [0.1, 0.15) is 10.6 Å². The molecule has 2 aromatic carbocycles. The van der Waals surface area contributed by atoms with Gasteiger partial charge in [0.15, 0.2) is 0 Å². The largest absolute Gasteiger partial charge is 0.473 e. The maximum Gasteiger partial charge on any atom is 0.414 e. The Morgan fingerprint density at radius 1 is 0.944 bits per heavy atom. The Hall–Kier alpha value is -3.73. The third-order valence-electron chi connectivity index (χ3n) is 4.59. The number of aliphatic carboxylic acids is 2. The Labute approximate surface area is 216 Å². The van der Waals surface area contributed by atoms with Crippen molar-refractivity contribution in [3.8, 4) is 11.1 Å². The molecule has 0 fully saturated rings. The minimum atomic E-state index is -1.82. The van der Waals surface area contributed by atoms with Crippen LogP contribution in [0.15, 0.2) is 60.0 Å². The number of carbonyl (C=O) groups is 4. The third-order valence-corrected chi connectivity index (χ3v) is 5.81. The van der Waals surface area contributed by atoms with Crippen LogP contribution >= 0.6 is 22.9 Å². The number of anilines is 1. The van der Waals surface area contributed by atoms with Crippen LogP contribution in [0.25, 0.3) is 11.1 Å². The minimum Gasteiger partial charge on any atom is -0.473 e. The van der Waals surface area contributed by atoms with Gasteiger partial charge in [0.25, 0.3) is 0 Å². The third kappa shape index (κ3) is 8.81. The number of benzene rings is 2. The van der Waals surface area contributed by atoms with Crippen LogP contribution in [0.5, 0.6) is 0 Å². The number of ether oxygens (including phenoxy) is 1. The van der Waals surface area contributed by atoms with E-state index in [9.17, 15) is 9.59 Å². The Balaban J connectivity index is 0.000000678. The average Bonchev–Trinajstić information content (AvgIpc) is 3.26. The van der Waals surface area contributed by atoms with Crippen molar-refractivity contribution in [2.45, 2.75) is 13.3 Å². The van der Waals surface area contributed by atoms with Gasteiger partial charge in [0.05, 0.1) is 13.2 Å². The van der Waals surface area contributed by atoms with Crippen molar-refractivity contribution in [2.75, 3.05) is 25.0 Å². The van der Waals surface area contributed by atoms with E-state index >= 15 is 0 Å². The summed E-state index contributed by atoms with van der Waals surface area (Å²) in [6.45, 7) is 2.81. The van der Waals surface area contributed by atoms with Gasteiger partial charge >= 0.3 is 17.9 Å². The summed E-state index contributed by atoms with van der Waals surface area (Å²) in [4.78, 5) is 43.2. The molecule has 0 saturated carbocycles. The van der Waals surface area contributed by atoms with Gasteiger partial charge in [-0.15, -0.1) is 11.3 Å². The summed E-state index contributed by atoms with van der Waals surface area (Å²) in [5.41, 5.74) is 2.90. The lowest BCUT2D eigenvalue weighted by Gasteiger charge is -2.10. The molecule has 0 radical (unpaired) electrons. The maximum atomic E-state index is 12.6. The van der Waals surface area contributed by atoms with E-state index in [0.29, 0.717) is 27.7 Å². The van der Waals surface area contributed by atoms with Crippen molar-refractivity contribution in [3.63, 3.8) is 0 Å². The van der Waals surface area contributed by atoms with E-state index in [1.54, 1.807) is 13.0 Å². The van der Waals surface area contributed by atoms with Gasteiger partial charge in [-0.2, -0.15) is 0 Å². The highest BCUT2D eigenvalue weighted by Gasteiger charge is 2.23. The molecule has 11 heteroatoms. The van der Waals surface area contributed by atoms with E-state index in [4.69, 9.17) is 36.1 Å². The molecule has 0 spiro atoms. The summed E-state index contributed by atoms with van der Waals surface area (Å²) in [7, 11) is 0. The van der Waals surface area contributed by atoms with E-state index in [1.165, 1.54) is 16.9 Å². The molecule has 0 atom stereocenters. The number of hydrogen-bond acceptors (Lipinski definition) is 7. The Morgan fingerprint density at radius 2 is 1.58 bits per heavy atom. The first-order valence-electron chi connectivity index (χ1n) is 10.8. The van der Waals surface area contributed by atoms with Gasteiger partial charge in [-0.1, -0.05) is 60.1 Å². The highest BCUT2D eigenvalue weighted by molar-refractivity contribution is 7.15. The fourth-order valence-corrected chi connectivity index (χ4v) is 4.19. The molecule has 4 N–H and O–H groups in total. The summed E-state index contributed by atoms with van der Waals surface area (Å²) >= 11 is 7.60. The van der Waals surface area contributed by atoms with Crippen molar-refractivity contribution in [2.24, 2.45) is 0 Å². The molecule has 3 rings (SSSR count). The lowest BCUT2D eigenvalue weighted by atomic mass is 10.0. The van der Waals surface area contributed by atoms with Crippen molar-refractivity contribution in [1.29, 1.82) is 0 Å². The zero-order valence-corrected chi connectivity index (χ0v) is 20.9. The number of amides is 1. The first kappa shape index (κ1) is 28.5. The molecule has 1 heterocycles. The predicted octanol–water partition coefficient (Wildman–Crippen LogP) is 4.17. The van der Waals surface area contributed by atoms with Crippen LogP contribution in [-0.2, 0) is 25.5 Å². The lowest BCUT2D eigenvalue weighted by Crippen LogP contribution is -2.29. The van der Waals surface area contributed by atoms with Crippen LogP contribution in [0.1, 0.15) is 22.8 Å². The second-order valence-corrected chi connectivity index (χ2v) is 8.41. The van der Waals surface area contributed by atoms with E-state index in [-0.39, 0.29) is 19.1 Å². The first-order chi connectivity index (χ1) is 17.2. The Morgan fingerprint density at radius 3 is 2.19 bits per heavy atom. The summed E-state index contributed by atoms with van der Waals surface area (Å²) < 4.78 is 5.22. The monoisotopic (exact) mass is 532 g/mol. The standard InChI is InChI=1S/C23H23ClN2O3S.C2H2O4/c1-2-29-23(28)21-18(17-10-6-7-11-19(17)24)15-30-22(21)26-20(27)14-25-13-12-16-8-4-3-5-9-16;3-1(4)2(5)6/h3-11,15,25H,2,12-14H2,1H3,(H,26,27);(H,3,4)(H,5,6). The molecule has 0 aliphatic heterocycles. The average molecular weight is 533 g/mol. The molecule has 1 aromatic heterocycles. The number of esters is 1. The summed E-state index contributed by atoms with van der Waals surface area (Å²) in [6, 6.07) is 17.3. The molecule has 190 valence electrons. The van der Waals surface area contributed by atoms with Gasteiger partial charge in [0, 0.05) is 21.5 Å². The van der Waals surface area contributed by atoms with Gasteiger partial charge in [-0.05, 0) is 31.5 Å². The number of nitrogens with one attached hydrogen (secondary N) is 2. The SMILES string of the molecule is CCOC(=O)c1c(-c2ccccc2Cl)csc1NC(=O)CNCCc1ccccc1.O=C(O)C(=O)O. The molecule has 0 aliphatic carbocycles. The highest BCUT2D eigenvalue weighted by atomic mass is 35.5. The molecule has 0 bridgehead atoms. The smallest absolute Gasteiger partial charge is 0.414 e. The van der Waals surface area contributed by atoms with Crippen LogP contribution in [0, 0.1) is 0 Å². The van der Waals surface area contributed by atoms with E-state index in [1.807, 2.05) is 41.8 Å². The van der Waals surface area contributed by atoms with Gasteiger partial charge in [0.2, 0.25) is 5.91 Å². The van der Waals surface area contributed by atoms with E-state index < -0.39 is 17.9 Å². The normalized spacial score (nSPS) is 10.1. The van der Waals surface area contributed by atoms with Crippen LogP contribution in [-0.4, -0.2) is 53.7 Å². The first-order valence-corrected chi connectivity index (χ1v) is 12.0. The highest BCUT2D eigenvalue weighted by Crippen LogP contribution is 2.39. The number of carboxylic acid groups (broad SMARTS) is 2. The molecule has 0 saturated heterocycles. The van der Waals surface area contributed by atoms with Gasteiger partial charge in [-0.25, -0.2) is 14.4 Å². The van der Waals surface area contributed by atoms with Crippen molar-refractivity contribution < 1.29 is 34.1 Å². The molecule has 0 aliphatic rings. The van der Waals surface area contributed by atoms with E-state index in [0.717, 1.165) is 12.0 Å². The maximum absolute atomic E-state index is 12.6. The van der Waals surface area contributed by atoms with Crippen molar-refractivity contribution in [3.05, 3.63) is 76.1 Å². The predicted molar refractivity (Wildman–Crippen MR) is 138 cm³/mol. The minimum absolute atomic E-state index is 0.147. The topological polar surface area (TPSA) is 142 Å². The molecule has 9 nitrogen and oxygen atoms in total. The van der Waals surface area contributed by atoms with Crippen LogP contribution in [0.3, 0.4) is 0 Å². The lowest BCUT2D eigenvalue weighted by molar-refractivity contribution is -0.159. The fourth-order valence-electron chi connectivity index (χ4n) is 2.98. The van der Waals surface area contributed by atoms with Gasteiger partial charge in [-0.3, -0.25) is 4.79 Å². The molecule has 36 heavy (non-hydrogen) atoms. The molecule has 0 unspecified atom stereocenters. The number of carboxylic acids is 2. The zero-order valence-electron chi connectivity index (χ0n) is 19.3. The number of halogens is 1. The Kier molecular flexibility index (Phi) is 11.6. The van der Waals surface area contributed by atoms with Crippen LogP contribution in [0.2, 0.25) is 5.02 Å². The quantitative estimate of drug-likeness (QED) is 0.183. The second kappa shape index (κ2) is 14.6. The Bertz CT molecular complexity index is 1190. The number of hydrogen-bond donors (Lipinski definition) is 4. The molecular formula is C25H25ClN2O7S. The molecular weight excluding hydrogens is 508 g/mol. The van der Waals surface area contributed by atoms with Crippen molar-refractivity contribution in [1.82, 2.24) is 5.32 Å².